The number of aryl methyl sites for hydroxylation is 1. The maximum Gasteiger partial charge on any atom is 0.266 e. The molecule has 0 bridgehead atoms. The van der Waals surface area contributed by atoms with Crippen molar-refractivity contribution < 1.29 is 12.8 Å². The van der Waals surface area contributed by atoms with Crippen LogP contribution in [0.5, 0.6) is 0 Å². The molecule has 1 aliphatic rings. The Morgan fingerprint density at radius 3 is 2.60 bits per heavy atom. The number of hydrogen-bond donors (Lipinski definition) is 2. The molecule has 2 N–H and O–H groups in total. The first kappa shape index (κ1) is 27.8. The van der Waals surface area contributed by atoms with Crippen LogP contribution < -0.4 is 10.0 Å². The van der Waals surface area contributed by atoms with Gasteiger partial charge in [-0.3, -0.25) is 9.40 Å². The van der Waals surface area contributed by atoms with Crippen molar-refractivity contribution in [3.63, 3.8) is 0 Å². The number of halogens is 2. The van der Waals surface area contributed by atoms with E-state index < -0.39 is 20.7 Å². The lowest BCUT2D eigenvalue weighted by Gasteiger charge is -2.37. The molecule has 4 aromatic rings. The van der Waals surface area contributed by atoms with Crippen LogP contribution >= 0.6 is 11.6 Å². The normalized spacial score (nSPS) is 17.5. The Kier molecular flexibility index (Phi) is 7.88. The Morgan fingerprint density at radius 2 is 1.90 bits per heavy atom. The number of nitrogens with zero attached hydrogens (tertiary/aromatic N) is 5. The summed E-state index contributed by atoms with van der Waals surface area (Å²) in [4.78, 5) is 9.14. The number of likely N-dealkylation sites (N-methyl/N-ethyl adjacent to an activating group) is 1. The van der Waals surface area contributed by atoms with E-state index in [0.29, 0.717) is 12.1 Å². The number of aromatic nitrogens is 4. The van der Waals surface area contributed by atoms with Crippen LogP contribution in [0.1, 0.15) is 18.4 Å². The molecular formula is C28H29ClFN7O2S. The van der Waals surface area contributed by atoms with Gasteiger partial charge in [-0.05, 0) is 68.4 Å². The lowest BCUT2D eigenvalue weighted by Crippen LogP contribution is -2.45. The molecule has 1 aliphatic carbocycles. The van der Waals surface area contributed by atoms with Crippen molar-refractivity contribution in [2.24, 2.45) is 7.05 Å². The lowest BCUT2D eigenvalue weighted by atomic mass is 9.85. The van der Waals surface area contributed by atoms with Gasteiger partial charge in [0, 0.05) is 37.1 Å². The van der Waals surface area contributed by atoms with Crippen LogP contribution in [-0.2, 0) is 17.1 Å². The van der Waals surface area contributed by atoms with Gasteiger partial charge in [0.2, 0.25) is 0 Å². The molecule has 2 aromatic carbocycles. The van der Waals surface area contributed by atoms with E-state index in [1.807, 2.05) is 38.0 Å². The number of anilines is 2. The molecule has 0 saturated carbocycles. The monoisotopic (exact) mass is 581 g/mol. The third kappa shape index (κ3) is 5.86. The van der Waals surface area contributed by atoms with Crippen LogP contribution in [0.2, 0.25) is 5.02 Å². The summed E-state index contributed by atoms with van der Waals surface area (Å²) in [6.07, 6.45) is 7.97. The Bertz CT molecular complexity index is 1660. The highest BCUT2D eigenvalue weighted by atomic mass is 35.5. The minimum Gasteiger partial charge on any atom is -0.379 e. The summed E-state index contributed by atoms with van der Waals surface area (Å²) in [7, 11) is 1.68. The number of sulfonamides is 1. The minimum absolute atomic E-state index is 0.0252. The Morgan fingerprint density at radius 1 is 1.10 bits per heavy atom. The van der Waals surface area contributed by atoms with Gasteiger partial charge in [-0.2, -0.15) is 5.10 Å². The quantitative estimate of drug-likeness (QED) is 0.300. The molecule has 40 heavy (non-hydrogen) atoms. The van der Waals surface area contributed by atoms with Gasteiger partial charge < -0.3 is 10.2 Å². The highest BCUT2D eigenvalue weighted by molar-refractivity contribution is 7.92. The number of rotatable bonds is 8. The van der Waals surface area contributed by atoms with E-state index in [4.69, 9.17) is 11.6 Å². The van der Waals surface area contributed by atoms with E-state index in [1.165, 1.54) is 24.2 Å². The fourth-order valence-electron chi connectivity index (χ4n) is 4.93. The maximum absolute atomic E-state index is 15.1. The largest absolute Gasteiger partial charge is 0.379 e. The van der Waals surface area contributed by atoms with Crippen LogP contribution in [0.15, 0.2) is 78.2 Å². The van der Waals surface area contributed by atoms with Crippen LogP contribution in [0.3, 0.4) is 0 Å². The van der Waals surface area contributed by atoms with Gasteiger partial charge in [0.25, 0.3) is 10.0 Å². The molecule has 208 valence electrons. The number of benzene rings is 2. The van der Waals surface area contributed by atoms with Crippen molar-refractivity contribution in [1.29, 1.82) is 0 Å². The molecule has 0 saturated heterocycles. The van der Waals surface area contributed by atoms with Crippen LogP contribution in [0.25, 0.3) is 16.8 Å². The van der Waals surface area contributed by atoms with Gasteiger partial charge in [0.05, 0.1) is 16.4 Å². The Balaban J connectivity index is 1.37. The molecular weight excluding hydrogens is 553 g/mol. The van der Waals surface area contributed by atoms with Crippen molar-refractivity contribution in [3.05, 3.63) is 89.7 Å². The zero-order valence-corrected chi connectivity index (χ0v) is 23.8. The standard InChI is InChI=1S/C28H29ClFN7O2S/c1-36(2)26-14-19(18-5-4-6-20(13-18)25-9-12-33-37(25)3)7-8-23(26)34-24-16-22(30)27(15-21(24)29)40(38,39)35-28-10-11-31-17-32-28/h4-7,9-13,15-17,23,26,34H,8,14H2,1-3H3,(H,31,32,35)/t23-,26-/m0/s1. The highest BCUT2D eigenvalue weighted by Crippen LogP contribution is 2.35. The molecule has 2 atom stereocenters. The SMILES string of the molecule is CN(C)[C@H]1CC(c2cccc(-c3ccnn3C)c2)=CC[C@@H]1Nc1cc(F)c(S(=O)(=O)Nc2ccncn2)cc1Cl. The fourth-order valence-corrected chi connectivity index (χ4v) is 6.31. The molecule has 0 fully saturated rings. The van der Waals surface area contributed by atoms with Crippen molar-refractivity contribution in [1.82, 2.24) is 24.6 Å². The third-order valence-corrected chi connectivity index (χ3v) is 8.68. The minimum atomic E-state index is -4.25. The smallest absolute Gasteiger partial charge is 0.266 e. The fraction of sp³-hybridized carbons (Fsp3) is 0.250. The van der Waals surface area contributed by atoms with Gasteiger partial charge >= 0.3 is 0 Å². The number of nitrogens with one attached hydrogen (secondary N) is 2. The summed E-state index contributed by atoms with van der Waals surface area (Å²) in [5.74, 6) is -0.897. The molecule has 0 unspecified atom stereocenters. The average molecular weight is 582 g/mol. The lowest BCUT2D eigenvalue weighted by molar-refractivity contribution is 0.262. The van der Waals surface area contributed by atoms with Crippen molar-refractivity contribution in [2.45, 2.75) is 29.8 Å². The topological polar surface area (TPSA) is 105 Å². The summed E-state index contributed by atoms with van der Waals surface area (Å²) >= 11 is 6.48. The van der Waals surface area contributed by atoms with Gasteiger partial charge in [-0.25, -0.2) is 22.8 Å². The van der Waals surface area contributed by atoms with E-state index >= 15 is 4.39 Å². The van der Waals surface area contributed by atoms with E-state index in [0.717, 1.165) is 35.4 Å². The second kappa shape index (κ2) is 11.4. The van der Waals surface area contributed by atoms with Crippen LogP contribution in [-0.4, -0.2) is 59.2 Å². The molecule has 0 aliphatic heterocycles. The van der Waals surface area contributed by atoms with E-state index in [1.54, 1.807) is 6.20 Å². The van der Waals surface area contributed by atoms with Crippen LogP contribution in [0.4, 0.5) is 15.9 Å². The molecule has 0 spiro atoms. The number of hydrogen-bond acceptors (Lipinski definition) is 7. The molecule has 0 radical (unpaired) electrons. The second-order valence-corrected chi connectivity index (χ2v) is 11.9. The predicted octanol–water partition coefficient (Wildman–Crippen LogP) is 5.06. The van der Waals surface area contributed by atoms with Gasteiger partial charge in [0.1, 0.15) is 22.9 Å². The first-order valence-corrected chi connectivity index (χ1v) is 14.5. The second-order valence-electron chi connectivity index (χ2n) is 9.83. The third-order valence-electron chi connectivity index (χ3n) is 7.00. The molecule has 2 aromatic heterocycles. The maximum atomic E-state index is 15.1. The van der Waals surface area contributed by atoms with Crippen molar-refractivity contribution in [3.8, 4) is 11.3 Å². The average Bonchev–Trinajstić information content (AvgIpc) is 3.36. The van der Waals surface area contributed by atoms with Gasteiger partial charge in [-0.1, -0.05) is 35.9 Å². The van der Waals surface area contributed by atoms with Crippen molar-refractivity contribution >= 4 is 38.7 Å². The van der Waals surface area contributed by atoms with Gasteiger partial charge in [-0.15, -0.1) is 0 Å². The van der Waals surface area contributed by atoms with E-state index in [-0.39, 0.29) is 22.9 Å². The van der Waals surface area contributed by atoms with E-state index in [2.05, 4.69) is 54.3 Å². The summed E-state index contributed by atoms with van der Waals surface area (Å²) in [6.45, 7) is 0. The molecule has 2 heterocycles. The summed E-state index contributed by atoms with van der Waals surface area (Å²) in [5, 5.41) is 7.73. The van der Waals surface area contributed by atoms with Crippen molar-refractivity contribution in [2.75, 3.05) is 24.1 Å². The van der Waals surface area contributed by atoms with Gasteiger partial charge in [0.15, 0.2) is 0 Å². The van der Waals surface area contributed by atoms with E-state index in [9.17, 15) is 8.42 Å². The Labute approximate surface area is 237 Å². The van der Waals surface area contributed by atoms with Crippen LogP contribution in [0, 0.1) is 5.82 Å². The first-order chi connectivity index (χ1) is 19.1. The molecule has 5 rings (SSSR count). The Hall–Kier alpha value is -3.80. The molecule has 0 amide bonds. The zero-order valence-electron chi connectivity index (χ0n) is 22.2. The summed E-state index contributed by atoms with van der Waals surface area (Å²) < 4.78 is 44.8. The molecule has 12 heteroatoms. The predicted molar refractivity (Wildman–Crippen MR) is 155 cm³/mol. The molecule has 9 nitrogen and oxygen atoms in total. The summed E-state index contributed by atoms with van der Waals surface area (Å²) in [6, 6.07) is 14.0. The zero-order chi connectivity index (χ0) is 28.4. The highest BCUT2D eigenvalue weighted by Gasteiger charge is 2.30. The first-order valence-electron chi connectivity index (χ1n) is 12.6. The summed E-state index contributed by atoms with van der Waals surface area (Å²) in [5.41, 5.74) is 4.81.